The number of ether oxygens (including phenoxy) is 2. The van der Waals surface area contributed by atoms with Crippen molar-refractivity contribution in [1.82, 2.24) is 3.71 Å². The van der Waals surface area contributed by atoms with Crippen molar-refractivity contribution in [2.45, 2.75) is 12.5 Å². The second kappa shape index (κ2) is 11.5. The lowest BCUT2D eigenvalue weighted by Gasteiger charge is -2.28. The van der Waals surface area contributed by atoms with Crippen molar-refractivity contribution in [2.24, 2.45) is 0 Å². The van der Waals surface area contributed by atoms with Crippen LogP contribution in [0.5, 0.6) is 0 Å². The lowest BCUT2D eigenvalue weighted by Crippen LogP contribution is -2.43. The highest BCUT2D eigenvalue weighted by atomic mass is 35.5. The fraction of sp³-hybridized carbons (Fsp3) is 0.167. The molecule has 11 heteroatoms. The van der Waals surface area contributed by atoms with Crippen LogP contribution in [0.3, 0.4) is 0 Å². The third kappa shape index (κ3) is 7.22. The Kier molecular flexibility index (Phi) is 8.84. The molecule has 1 aliphatic carbocycles. The Morgan fingerprint density at radius 1 is 0.857 bits per heavy atom. The Hall–Kier alpha value is -2.56. The van der Waals surface area contributed by atoms with Crippen molar-refractivity contribution in [2.75, 3.05) is 14.2 Å². The zero-order valence-corrected chi connectivity index (χ0v) is 22.0. The third-order valence-corrected chi connectivity index (χ3v) is 9.12. The van der Waals surface area contributed by atoms with Gasteiger partial charge in [-0.1, -0.05) is 51.2 Å². The monoisotopic (exact) mass is 555 g/mol. The molecule has 1 atom stereocenters. The molecule has 0 saturated heterocycles. The molecule has 1 unspecified atom stereocenters. The van der Waals surface area contributed by atoms with Crippen LogP contribution in [0, 0.1) is 0 Å². The quantitative estimate of drug-likeness (QED) is 0.409. The summed E-state index contributed by atoms with van der Waals surface area (Å²) in [4.78, 5) is 0. The van der Waals surface area contributed by atoms with Crippen LogP contribution < -0.4 is 0 Å². The summed E-state index contributed by atoms with van der Waals surface area (Å²) in [6, 6.07) is 11.9. The molecule has 0 fully saturated rings. The average Bonchev–Trinajstić information content (AvgIpc) is 2.81. The molecular weight excluding hydrogens is 533 g/mol. The first-order valence-corrected chi connectivity index (χ1v) is 14.0. The van der Waals surface area contributed by atoms with Gasteiger partial charge in [0.15, 0.2) is 0 Å². The maximum atomic E-state index is 13.4. The topological polar surface area (TPSA) is 90.0 Å². The highest BCUT2D eigenvalue weighted by molar-refractivity contribution is 8.06. The van der Waals surface area contributed by atoms with Crippen LogP contribution in [-0.2, 0) is 29.5 Å². The standard InChI is InChI=1S/C24H23Cl2NO6S2/c1-32-23-15-22(16-24(17-23)33-2)27(34(28,29)11-9-18-5-3-7-20(25)13-18)35(30,31)12-10-19-6-4-8-21(26)14-19/h3-15,17,22H,16H2,1-2H3/b11-9+,12-10+. The van der Waals surface area contributed by atoms with E-state index in [1.807, 2.05) is 0 Å². The van der Waals surface area contributed by atoms with E-state index in [1.54, 1.807) is 54.6 Å². The minimum Gasteiger partial charge on any atom is -0.501 e. The summed E-state index contributed by atoms with van der Waals surface area (Å²) in [5.74, 6) is 0.633. The van der Waals surface area contributed by atoms with Crippen molar-refractivity contribution < 1.29 is 26.3 Å². The summed E-state index contributed by atoms with van der Waals surface area (Å²) < 4.78 is 64.7. The minimum absolute atomic E-state index is 0.0160. The van der Waals surface area contributed by atoms with Gasteiger partial charge in [-0.15, -0.1) is 0 Å². The number of sulfonamides is 2. The van der Waals surface area contributed by atoms with E-state index < -0.39 is 26.1 Å². The fourth-order valence-electron chi connectivity index (χ4n) is 3.32. The summed E-state index contributed by atoms with van der Waals surface area (Å²) >= 11 is 12.0. The van der Waals surface area contributed by atoms with Gasteiger partial charge in [-0.25, -0.2) is 16.8 Å². The van der Waals surface area contributed by atoms with Crippen LogP contribution in [-0.4, -0.2) is 40.8 Å². The van der Waals surface area contributed by atoms with E-state index in [2.05, 4.69) is 0 Å². The normalized spacial score (nSPS) is 17.0. The number of allylic oxidation sites excluding steroid dienone is 1. The van der Waals surface area contributed by atoms with Crippen LogP contribution in [0.4, 0.5) is 0 Å². The Morgan fingerprint density at radius 2 is 1.37 bits per heavy atom. The molecule has 0 aliphatic heterocycles. The number of hydrogen-bond acceptors (Lipinski definition) is 6. The summed E-state index contributed by atoms with van der Waals surface area (Å²) in [6.45, 7) is 0. The Morgan fingerprint density at radius 3 is 1.80 bits per heavy atom. The first-order chi connectivity index (χ1) is 16.5. The van der Waals surface area contributed by atoms with Crippen molar-refractivity contribution in [3.05, 3.63) is 104 Å². The molecular formula is C24H23Cl2NO6S2. The van der Waals surface area contributed by atoms with E-state index in [0.29, 0.717) is 30.6 Å². The van der Waals surface area contributed by atoms with Gasteiger partial charge in [0.2, 0.25) is 20.0 Å². The number of halogens is 2. The molecule has 3 rings (SSSR count). The average molecular weight is 556 g/mol. The lowest BCUT2D eigenvalue weighted by molar-refractivity contribution is 0.244. The van der Waals surface area contributed by atoms with E-state index in [1.165, 1.54) is 32.4 Å². The maximum Gasteiger partial charge on any atom is 0.250 e. The summed E-state index contributed by atoms with van der Waals surface area (Å²) in [5.41, 5.74) is 0.976. The van der Waals surface area contributed by atoms with Crippen molar-refractivity contribution >= 4 is 55.4 Å². The van der Waals surface area contributed by atoms with Gasteiger partial charge in [0.25, 0.3) is 0 Å². The molecule has 1 aliphatic rings. The SMILES string of the molecule is COC1=CC(N(S(=O)(=O)/C=C/c2cccc(Cl)c2)S(=O)(=O)/C=C/c2cccc(Cl)c2)CC(OC)=C1. The van der Waals surface area contributed by atoms with E-state index in [4.69, 9.17) is 32.7 Å². The molecule has 0 amide bonds. The molecule has 35 heavy (non-hydrogen) atoms. The highest BCUT2D eigenvalue weighted by Gasteiger charge is 2.39. The summed E-state index contributed by atoms with van der Waals surface area (Å²) in [5, 5.41) is 2.48. The van der Waals surface area contributed by atoms with E-state index >= 15 is 0 Å². The largest absolute Gasteiger partial charge is 0.501 e. The lowest BCUT2D eigenvalue weighted by atomic mass is 10.1. The number of methoxy groups -OCH3 is 2. The van der Waals surface area contributed by atoms with Crippen LogP contribution >= 0.6 is 23.2 Å². The van der Waals surface area contributed by atoms with Crippen molar-refractivity contribution in [1.29, 1.82) is 0 Å². The first-order valence-electron chi connectivity index (χ1n) is 10.2. The zero-order valence-electron chi connectivity index (χ0n) is 18.8. The predicted molar refractivity (Wildman–Crippen MR) is 139 cm³/mol. The second-order valence-electron chi connectivity index (χ2n) is 7.39. The van der Waals surface area contributed by atoms with Gasteiger partial charge in [0, 0.05) is 33.4 Å². The van der Waals surface area contributed by atoms with Crippen LogP contribution in [0.2, 0.25) is 10.0 Å². The van der Waals surface area contributed by atoms with Gasteiger partial charge in [0.1, 0.15) is 11.5 Å². The summed E-state index contributed by atoms with van der Waals surface area (Å²) in [6.07, 6.45) is 5.52. The molecule has 0 bridgehead atoms. The number of hydrogen-bond donors (Lipinski definition) is 0. The molecule has 2 aromatic rings. The zero-order chi connectivity index (χ0) is 25.6. The second-order valence-corrected chi connectivity index (χ2v) is 11.9. The van der Waals surface area contributed by atoms with E-state index in [0.717, 1.165) is 10.8 Å². The molecule has 2 aromatic carbocycles. The van der Waals surface area contributed by atoms with Gasteiger partial charge in [-0.05, 0) is 53.6 Å². The van der Waals surface area contributed by atoms with Gasteiger partial charge >= 0.3 is 0 Å². The fourth-order valence-corrected chi connectivity index (χ4v) is 7.09. The van der Waals surface area contributed by atoms with Gasteiger partial charge in [0.05, 0.1) is 20.3 Å². The van der Waals surface area contributed by atoms with Gasteiger partial charge < -0.3 is 9.47 Å². The van der Waals surface area contributed by atoms with Crippen molar-refractivity contribution in [3.63, 3.8) is 0 Å². The molecule has 7 nitrogen and oxygen atoms in total. The molecule has 0 spiro atoms. The molecule has 0 saturated carbocycles. The van der Waals surface area contributed by atoms with Crippen molar-refractivity contribution in [3.8, 4) is 0 Å². The third-order valence-electron chi connectivity index (χ3n) is 4.90. The molecule has 0 radical (unpaired) electrons. The van der Waals surface area contributed by atoms with Crippen LogP contribution in [0.25, 0.3) is 12.2 Å². The molecule has 0 N–H and O–H groups in total. The highest BCUT2D eigenvalue weighted by Crippen LogP contribution is 2.29. The Bertz CT molecular complexity index is 1330. The maximum absolute atomic E-state index is 13.4. The van der Waals surface area contributed by atoms with Crippen LogP contribution in [0.15, 0.2) is 83.0 Å². The van der Waals surface area contributed by atoms with Crippen LogP contribution in [0.1, 0.15) is 17.5 Å². The molecule has 0 aromatic heterocycles. The smallest absolute Gasteiger partial charge is 0.250 e. The minimum atomic E-state index is -4.51. The predicted octanol–water partition coefficient (Wildman–Crippen LogP) is 5.43. The molecule has 186 valence electrons. The van der Waals surface area contributed by atoms with E-state index in [9.17, 15) is 16.8 Å². The Labute approximate surface area is 215 Å². The first kappa shape index (κ1) is 27.0. The van der Waals surface area contributed by atoms with E-state index in [-0.39, 0.29) is 12.2 Å². The number of benzene rings is 2. The molecule has 0 heterocycles. The number of rotatable bonds is 9. The van der Waals surface area contributed by atoms with Gasteiger partial charge in [-0.3, -0.25) is 0 Å². The number of nitrogens with zero attached hydrogens (tertiary/aromatic N) is 1. The Balaban J connectivity index is 2.07. The summed E-state index contributed by atoms with van der Waals surface area (Å²) in [7, 11) is -6.21. The van der Waals surface area contributed by atoms with Gasteiger partial charge in [-0.2, -0.15) is 0 Å².